The van der Waals surface area contributed by atoms with Crippen LogP contribution in [0.25, 0.3) is 21.5 Å². The molecule has 0 aliphatic heterocycles. The third kappa shape index (κ3) is 2.48. The van der Waals surface area contributed by atoms with E-state index in [0.717, 1.165) is 0 Å². The average molecular weight is 426 g/mol. The molecule has 0 aliphatic carbocycles. The Hall–Kier alpha value is -1.26. The first-order valence-corrected chi connectivity index (χ1v) is 13.0. The zero-order chi connectivity index (χ0) is 16.1. The molecule has 0 radical (unpaired) electrons. The molecule has 3 aromatic carbocycles. The van der Waals surface area contributed by atoms with Crippen molar-refractivity contribution < 1.29 is 23.9 Å². The van der Waals surface area contributed by atoms with E-state index in [1.807, 2.05) is 0 Å². The van der Waals surface area contributed by atoms with Gasteiger partial charge in [-0.25, -0.2) is 0 Å². The van der Waals surface area contributed by atoms with Crippen LogP contribution in [0, 0.1) is 0 Å². The molecular weight excluding hydrogens is 414 g/mol. The van der Waals surface area contributed by atoms with Crippen molar-refractivity contribution in [2.75, 3.05) is 0 Å². The van der Waals surface area contributed by atoms with Crippen LogP contribution in [0.15, 0.2) is 48.5 Å². The second kappa shape index (κ2) is 5.13. The minimum atomic E-state index is -5.31. The summed E-state index contributed by atoms with van der Waals surface area (Å²) in [6, 6.07) is 12.3. The van der Waals surface area contributed by atoms with Gasteiger partial charge in [0.25, 0.3) is 0 Å². The van der Waals surface area contributed by atoms with E-state index in [2.05, 4.69) is 0 Å². The molecule has 3 rings (SSSR count). The number of benzene rings is 3. The molecule has 0 saturated carbocycles. The van der Waals surface area contributed by atoms with Crippen LogP contribution in [0.4, 0.5) is 0 Å². The van der Waals surface area contributed by atoms with E-state index < -0.39 is 28.3 Å². The minimum absolute atomic E-state index is 0.142. The summed E-state index contributed by atoms with van der Waals surface area (Å²) < 4.78 is 62.7. The number of fused-ring (bicyclic) bond motifs is 2. The van der Waals surface area contributed by atoms with E-state index in [1.165, 1.54) is 24.3 Å². The predicted molar refractivity (Wildman–Crippen MR) is 82.5 cm³/mol. The molecule has 0 aromatic heterocycles. The molecule has 114 valence electrons. The van der Waals surface area contributed by atoms with Crippen molar-refractivity contribution in [1.29, 1.82) is 0 Å². The van der Waals surface area contributed by atoms with Gasteiger partial charge in [-0.3, -0.25) is 0 Å². The monoisotopic (exact) mass is 426 g/mol. The summed E-state index contributed by atoms with van der Waals surface area (Å²) in [4.78, 5) is 0. The number of rotatable bonds is 2. The molecule has 0 bridgehead atoms. The molecule has 3 aromatic rings. The van der Waals surface area contributed by atoms with Crippen molar-refractivity contribution in [2.45, 2.75) is 0 Å². The van der Waals surface area contributed by atoms with Crippen LogP contribution in [0.3, 0.4) is 0 Å². The van der Waals surface area contributed by atoms with Crippen molar-refractivity contribution >= 4 is 58.6 Å². The Labute approximate surface area is 131 Å². The fraction of sp³-hybridized carbons (Fsp3) is 0. The third-order valence-electron chi connectivity index (χ3n) is 3.46. The van der Waals surface area contributed by atoms with Crippen LogP contribution in [0.1, 0.15) is 0 Å². The molecular formula is C14H12As2O6. The van der Waals surface area contributed by atoms with Crippen molar-refractivity contribution in [3.8, 4) is 0 Å². The van der Waals surface area contributed by atoms with Gasteiger partial charge in [0.1, 0.15) is 0 Å². The summed E-state index contributed by atoms with van der Waals surface area (Å²) in [7, 11) is 0. The zero-order valence-corrected chi connectivity index (χ0v) is 14.9. The second-order valence-electron chi connectivity index (χ2n) is 4.88. The SMILES string of the molecule is O=[As](O)(O)c1c2ccccc2c([As](=O)(O)O)c2ccccc12. The van der Waals surface area contributed by atoms with E-state index >= 15 is 0 Å². The predicted octanol–water partition coefficient (Wildman–Crippen LogP) is -0.885. The summed E-state index contributed by atoms with van der Waals surface area (Å²) in [5.74, 6) is 0. The van der Waals surface area contributed by atoms with Crippen LogP contribution >= 0.6 is 0 Å². The molecule has 0 saturated heterocycles. The van der Waals surface area contributed by atoms with Crippen LogP contribution in [0.2, 0.25) is 0 Å². The van der Waals surface area contributed by atoms with E-state index in [4.69, 9.17) is 0 Å². The normalized spacial score (nSPS) is 12.9. The average Bonchev–Trinajstić information content (AvgIpc) is 2.41. The van der Waals surface area contributed by atoms with Crippen molar-refractivity contribution in [2.24, 2.45) is 0 Å². The van der Waals surface area contributed by atoms with Crippen LogP contribution in [-0.2, 0) is 7.48 Å². The van der Waals surface area contributed by atoms with E-state index in [0.29, 0.717) is 0 Å². The van der Waals surface area contributed by atoms with Gasteiger partial charge >= 0.3 is 131 Å². The van der Waals surface area contributed by atoms with Crippen LogP contribution in [-0.4, -0.2) is 44.7 Å². The molecule has 0 aliphatic rings. The Morgan fingerprint density at radius 3 is 0.955 bits per heavy atom. The van der Waals surface area contributed by atoms with Gasteiger partial charge in [0.05, 0.1) is 0 Å². The summed E-state index contributed by atoms with van der Waals surface area (Å²) in [6.07, 6.45) is 0. The Morgan fingerprint density at radius 2 is 0.773 bits per heavy atom. The summed E-state index contributed by atoms with van der Waals surface area (Å²) in [5, 5.41) is 0.753. The molecule has 8 heteroatoms. The number of hydrogen-bond acceptors (Lipinski definition) is 2. The van der Waals surface area contributed by atoms with E-state index in [-0.39, 0.29) is 30.2 Å². The summed E-state index contributed by atoms with van der Waals surface area (Å²) in [5.41, 5.74) is 0. The Morgan fingerprint density at radius 1 is 0.545 bits per heavy atom. The fourth-order valence-corrected chi connectivity index (χ4v) is 6.98. The van der Waals surface area contributed by atoms with E-state index in [1.54, 1.807) is 24.3 Å². The molecule has 0 atom stereocenters. The van der Waals surface area contributed by atoms with Gasteiger partial charge in [-0.05, 0) is 0 Å². The van der Waals surface area contributed by atoms with Gasteiger partial charge in [0.15, 0.2) is 0 Å². The topological polar surface area (TPSA) is 115 Å². The quantitative estimate of drug-likeness (QED) is 0.313. The van der Waals surface area contributed by atoms with Gasteiger partial charge in [0, 0.05) is 0 Å². The third-order valence-corrected chi connectivity index (χ3v) is 7.92. The molecule has 0 spiro atoms. The van der Waals surface area contributed by atoms with Crippen molar-refractivity contribution in [1.82, 2.24) is 0 Å². The van der Waals surface area contributed by atoms with Crippen molar-refractivity contribution in [3.05, 3.63) is 48.5 Å². The summed E-state index contributed by atoms with van der Waals surface area (Å²) in [6.45, 7) is 0. The Balaban J connectivity index is 2.73. The van der Waals surface area contributed by atoms with E-state index in [9.17, 15) is 23.9 Å². The van der Waals surface area contributed by atoms with Crippen LogP contribution in [0.5, 0.6) is 0 Å². The molecule has 6 nitrogen and oxygen atoms in total. The Kier molecular flexibility index (Phi) is 3.65. The second-order valence-corrected chi connectivity index (χ2v) is 11.3. The first-order chi connectivity index (χ1) is 10.2. The van der Waals surface area contributed by atoms with Gasteiger partial charge < -0.3 is 0 Å². The molecule has 0 amide bonds. The fourth-order valence-electron chi connectivity index (χ4n) is 2.71. The maximum atomic E-state index is 12.0. The zero-order valence-electron chi connectivity index (χ0n) is 11.1. The van der Waals surface area contributed by atoms with Gasteiger partial charge in [0.2, 0.25) is 0 Å². The first-order valence-electron chi connectivity index (χ1n) is 6.27. The molecule has 4 N–H and O–H groups in total. The van der Waals surface area contributed by atoms with Gasteiger partial charge in [-0.15, -0.1) is 0 Å². The maximum absolute atomic E-state index is 12.0. The van der Waals surface area contributed by atoms with Crippen LogP contribution < -0.4 is 8.70 Å². The van der Waals surface area contributed by atoms with Gasteiger partial charge in [-0.1, -0.05) is 0 Å². The van der Waals surface area contributed by atoms with Gasteiger partial charge in [-0.2, -0.15) is 0 Å². The Bertz CT molecular complexity index is 848. The molecule has 0 heterocycles. The molecule has 0 unspecified atom stereocenters. The molecule has 22 heavy (non-hydrogen) atoms. The number of hydrogen-bond donors (Lipinski definition) is 4. The summed E-state index contributed by atoms with van der Waals surface area (Å²) >= 11 is -10.6. The molecule has 0 fully saturated rings. The van der Waals surface area contributed by atoms with Crippen molar-refractivity contribution in [3.63, 3.8) is 0 Å². The first kappa shape index (κ1) is 15.6. The standard InChI is InChI=1S/C14H12As2O6/c17-15(18,19)13-9-5-1-2-6-10(9)14(16(20,21)22)12-8-4-3-7-11(12)13/h1-8H,(H2,17,18,19)(H2,20,21,22).